The molecule has 0 saturated heterocycles. The number of aryl methyl sites for hydroxylation is 1. The van der Waals surface area contributed by atoms with Crippen molar-refractivity contribution in [2.75, 3.05) is 13.2 Å². The molecule has 1 heterocycles. The van der Waals surface area contributed by atoms with E-state index in [1.54, 1.807) is 10.8 Å². The smallest absolute Gasteiger partial charge is 0.331 e. The monoisotopic (exact) mass is 380 g/mol. The zero-order valence-corrected chi connectivity index (χ0v) is 13.7. The van der Waals surface area contributed by atoms with Crippen LogP contribution in [0.3, 0.4) is 0 Å². The van der Waals surface area contributed by atoms with Crippen molar-refractivity contribution in [2.45, 2.75) is 46.2 Å². The lowest BCUT2D eigenvalue weighted by molar-refractivity contribution is 0.121. The van der Waals surface area contributed by atoms with Gasteiger partial charge in [0.05, 0.1) is 16.7 Å². The molecule has 0 spiro atoms. The Morgan fingerprint density at radius 2 is 1.89 bits per heavy atom. The van der Waals surface area contributed by atoms with Crippen LogP contribution in [0.5, 0.6) is 0 Å². The standard InChI is InChI=1S/C13H21IN2O3/c1-3-5-8-19-9-7-16-12(17)11(14)10-15(6-4-2)13(16)18/h10H,3-9H2,1-2H3. The summed E-state index contributed by atoms with van der Waals surface area (Å²) in [5.74, 6) is 0. The molecule has 6 heteroatoms. The first kappa shape index (κ1) is 16.4. The van der Waals surface area contributed by atoms with Gasteiger partial charge in [-0.3, -0.25) is 13.9 Å². The fraction of sp³-hybridized carbons (Fsp3) is 0.692. The second-order valence-corrected chi connectivity index (χ2v) is 5.54. The fourth-order valence-electron chi connectivity index (χ4n) is 1.72. The van der Waals surface area contributed by atoms with Gasteiger partial charge in [0, 0.05) is 19.3 Å². The Bertz CT molecular complexity index is 508. The summed E-state index contributed by atoms with van der Waals surface area (Å²) in [5.41, 5.74) is -0.469. The number of halogens is 1. The van der Waals surface area contributed by atoms with Crippen LogP contribution < -0.4 is 11.2 Å². The maximum Gasteiger partial charge on any atom is 0.331 e. The highest BCUT2D eigenvalue weighted by Gasteiger charge is 2.08. The van der Waals surface area contributed by atoms with E-state index in [0.29, 0.717) is 29.9 Å². The summed E-state index contributed by atoms with van der Waals surface area (Å²) >= 11 is 1.97. The van der Waals surface area contributed by atoms with Crippen molar-refractivity contribution in [1.29, 1.82) is 0 Å². The lowest BCUT2D eigenvalue weighted by atomic mass is 10.4. The van der Waals surface area contributed by atoms with E-state index in [1.807, 2.05) is 29.5 Å². The molecule has 0 aliphatic rings. The lowest BCUT2D eigenvalue weighted by Gasteiger charge is -2.10. The predicted octanol–water partition coefficient (Wildman–Crippen LogP) is 1.84. The molecule has 0 fully saturated rings. The average molecular weight is 380 g/mol. The normalized spacial score (nSPS) is 10.9. The minimum Gasteiger partial charge on any atom is -0.380 e. The third kappa shape index (κ3) is 4.76. The Hall–Kier alpha value is -0.630. The van der Waals surface area contributed by atoms with Crippen molar-refractivity contribution >= 4 is 22.6 Å². The first-order valence-corrected chi connectivity index (χ1v) is 7.77. The molecule has 0 radical (unpaired) electrons. The molecule has 0 unspecified atom stereocenters. The van der Waals surface area contributed by atoms with E-state index in [-0.39, 0.29) is 11.2 Å². The van der Waals surface area contributed by atoms with E-state index in [2.05, 4.69) is 6.92 Å². The molecule has 0 amide bonds. The quantitative estimate of drug-likeness (QED) is 0.511. The predicted molar refractivity (Wildman–Crippen MR) is 83.7 cm³/mol. The summed E-state index contributed by atoms with van der Waals surface area (Å²) in [4.78, 5) is 24.1. The summed E-state index contributed by atoms with van der Waals surface area (Å²) in [7, 11) is 0. The Balaban J connectivity index is 2.81. The Labute approximate surface area is 126 Å². The summed E-state index contributed by atoms with van der Waals surface area (Å²) in [5, 5.41) is 0. The maximum absolute atomic E-state index is 12.1. The molecule has 0 N–H and O–H groups in total. The van der Waals surface area contributed by atoms with Crippen LogP contribution in [-0.2, 0) is 17.8 Å². The van der Waals surface area contributed by atoms with Gasteiger partial charge in [0.2, 0.25) is 0 Å². The SMILES string of the molecule is CCCCOCCn1c(=O)c(I)cn(CCC)c1=O. The van der Waals surface area contributed by atoms with Crippen LogP contribution in [0.25, 0.3) is 0 Å². The summed E-state index contributed by atoms with van der Waals surface area (Å²) < 4.78 is 8.85. The van der Waals surface area contributed by atoms with Gasteiger partial charge < -0.3 is 4.74 Å². The highest BCUT2D eigenvalue weighted by atomic mass is 127. The molecule has 19 heavy (non-hydrogen) atoms. The summed E-state index contributed by atoms with van der Waals surface area (Å²) in [6, 6.07) is 0. The largest absolute Gasteiger partial charge is 0.380 e. The van der Waals surface area contributed by atoms with Crippen molar-refractivity contribution in [3.05, 3.63) is 30.6 Å². The Morgan fingerprint density at radius 1 is 1.16 bits per heavy atom. The lowest BCUT2D eigenvalue weighted by Crippen LogP contribution is -2.41. The second kappa shape index (κ2) is 8.52. The van der Waals surface area contributed by atoms with Crippen molar-refractivity contribution < 1.29 is 4.74 Å². The number of rotatable bonds is 8. The number of hydrogen-bond acceptors (Lipinski definition) is 3. The molecule has 0 saturated carbocycles. The average Bonchev–Trinajstić information content (AvgIpc) is 2.39. The van der Waals surface area contributed by atoms with Crippen LogP contribution in [0.4, 0.5) is 0 Å². The van der Waals surface area contributed by atoms with Gasteiger partial charge in [0.15, 0.2) is 0 Å². The first-order chi connectivity index (χ1) is 9.11. The minimum absolute atomic E-state index is 0.225. The van der Waals surface area contributed by atoms with Crippen LogP contribution in [0.2, 0.25) is 0 Å². The molecule has 0 atom stereocenters. The molecule has 0 bridgehead atoms. The zero-order valence-electron chi connectivity index (χ0n) is 11.5. The summed E-state index contributed by atoms with van der Waals surface area (Å²) in [6.07, 6.45) is 4.57. The fourth-order valence-corrected chi connectivity index (χ4v) is 2.35. The zero-order chi connectivity index (χ0) is 14.3. The molecule has 1 aromatic heterocycles. The highest BCUT2D eigenvalue weighted by Crippen LogP contribution is 1.96. The van der Waals surface area contributed by atoms with Crippen LogP contribution >= 0.6 is 22.6 Å². The molecule has 1 aromatic rings. The van der Waals surface area contributed by atoms with E-state index in [1.165, 1.54) is 4.57 Å². The van der Waals surface area contributed by atoms with E-state index >= 15 is 0 Å². The van der Waals surface area contributed by atoms with Crippen molar-refractivity contribution in [3.8, 4) is 0 Å². The molecular weight excluding hydrogens is 359 g/mol. The molecule has 0 aromatic carbocycles. The van der Waals surface area contributed by atoms with Crippen LogP contribution in [-0.4, -0.2) is 22.3 Å². The number of nitrogens with zero attached hydrogens (tertiary/aromatic N) is 2. The van der Waals surface area contributed by atoms with Crippen LogP contribution in [0, 0.1) is 3.57 Å². The van der Waals surface area contributed by atoms with E-state index < -0.39 is 0 Å². The molecule has 108 valence electrons. The number of aromatic nitrogens is 2. The Morgan fingerprint density at radius 3 is 2.53 bits per heavy atom. The number of ether oxygens (including phenoxy) is 1. The maximum atomic E-state index is 12.1. The molecule has 1 rings (SSSR count). The molecule has 5 nitrogen and oxygen atoms in total. The number of unbranched alkanes of at least 4 members (excludes halogenated alkanes) is 1. The van der Waals surface area contributed by atoms with E-state index in [4.69, 9.17) is 4.74 Å². The van der Waals surface area contributed by atoms with Gasteiger partial charge in [-0.1, -0.05) is 20.3 Å². The first-order valence-electron chi connectivity index (χ1n) is 6.69. The summed E-state index contributed by atoms with van der Waals surface area (Å²) in [6.45, 7) is 6.13. The van der Waals surface area contributed by atoms with Gasteiger partial charge in [-0.2, -0.15) is 0 Å². The topological polar surface area (TPSA) is 53.2 Å². The van der Waals surface area contributed by atoms with Crippen LogP contribution in [0.15, 0.2) is 15.8 Å². The third-order valence-corrected chi connectivity index (χ3v) is 3.50. The van der Waals surface area contributed by atoms with Gasteiger partial charge in [0.25, 0.3) is 5.56 Å². The third-order valence-electron chi connectivity index (χ3n) is 2.76. The highest BCUT2D eigenvalue weighted by molar-refractivity contribution is 14.1. The van der Waals surface area contributed by atoms with Crippen molar-refractivity contribution in [2.24, 2.45) is 0 Å². The van der Waals surface area contributed by atoms with Crippen molar-refractivity contribution in [3.63, 3.8) is 0 Å². The second-order valence-electron chi connectivity index (χ2n) is 4.38. The van der Waals surface area contributed by atoms with Crippen molar-refractivity contribution in [1.82, 2.24) is 9.13 Å². The van der Waals surface area contributed by atoms with E-state index in [9.17, 15) is 9.59 Å². The van der Waals surface area contributed by atoms with Gasteiger partial charge in [-0.25, -0.2) is 4.79 Å². The van der Waals surface area contributed by atoms with Gasteiger partial charge in [-0.15, -0.1) is 0 Å². The van der Waals surface area contributed by atoms with Gasteiger partial charge in [-0.05, 0) is 35.4 Å². The molecule has 0 aliphatic heterocycles. The van der Waals surface area contributed by atoms with E-state index in [0.717, 1.165) is 19.3 Å². The van der Waals surface area contributed by atoms with Crippen LogP contribution in [0.1, 0.15) is 33.1 Å². The Kier molecular flexibility index (Phi) is 7.37. The number of hydrogen-bond donors (Lipinski definition) is 0. The van der Waals surface area contributed by atoms with Gasteiger partial charge in [0.1, 0.15) is 0 Å². The molecular formula is C13H21IN2O3. The van der Waals surface area contributed by atoms with Gasteiger partial charge >= 0.3 is 5.69 Å². The minimum atomic E-state index is -0.244. The molecule has 0 aliphatic carbocycles.